The van der Waals surface area contributed by atoms with Crippen molar-refractivity contribution in [2.24, 2.45) is 0 Å². The summed E-state index contributed by atoms with van der Waals surface area (Å²) in [4.78, 5) is 9.98. The predicted octanol–water partition coefficient (Wildman–Crippen LogP) is 2.47. The van der Waals surface area contributed by atoms with E-state index in [2.05, 4.69) is 0 Å². The van der Waals surface area contributed by atoms with E-state index in [1.165, 1.54) is 7.05 Å². The SMILES string of the molecule is CCCCCN(C)S(=O)(=O)c1ccc(F)c(C(=O)O)c1F. The van der Waals surface area contributed by atoms with Crippen LogP contribution in [-0.2, 0) is 10.0 Å². The van der Waals surface area contributed by atoms with Gasteiger partial charge in [-0.05, 0) is 18.6 Å². The number of unbranched alkanes of at least 4 members (excludes halogenated alkanes) is 2. The number of aromatic carboxylic acids is 1. The van der Waals surface area contributed by atoms with Crippen LogP contribution in [0.3, 0.4) is 0 Å². The average molecular weight is 321 g/mol. The molecule has 21 heavy (non-hydrogen) atoms. The fourth-order valence-electron chi connectivity index (χ4n) is 1.80. The Balaban J connectivity index is 3.20. The van der Waals surface area contributed by atoms with Crippen molar-refractivity contribution in [3.63, 3.8) is 0 Å². The Morgan fingerprint density at radius 3 is 2.43 bits per heavy atom. The zero-order chi connectivity index (χ0) is 16.2. The molecule has 5 nitrogen and oxygen atoms in total. The first-order valence-corrected chi connectivity index (χ1v) is 7.85. The number of carbonyl (C=O) groups is 1. The van der Waals surface area contributed by atoms with Crippen molar-refractivity contribution in [2.45, 2.75) is 31.1 Å². The van der Waals surface area contributed by atoms with Crippen molar-refractivity contribution in [1.29, 1.82) is 0 Å². The van der Waals surface area contributed by atoms with Crippen LogP contribution in [0.2, 0.25) is 0 Å². The number of hydrogen-bond donors (Lipinski definition) is 1. The molecule has 0 spiro atoms. The van der Waals surface area contributed by atoms with E-state index >= 15 is 0 Å². The molecule has 1 N–H and O–H groups in total. The lowest BCUT2D eigenvalue weighted by molar-refractivity contribution is 0.0685. The van der Waals surface area contributed by atoms with Gasteiger partial charge in [0.1, 0.15) is 16.3 Å². The van der Waals surface area contributed by atoms with Gasteiger partial charge in [-0.25, -0.2) is 26.3 Å². The molecule has 0 aromatic heterocycles. The number of sulfonamides is 1. The van der Waals surface area contributed by atoms with E-state index in [0.717, 1.165) is 23.2 Å². The molecule has 0 unspecified atom stereocenters. The molecule has 0 fully saturated rings. The van der Waals surface area contributed by atoms with Gasteiger partial charge in [0.2, 0.25) is 10.0 Å². The van der Waals surface area contributed by atoms with E-state index in [4.69, 9.17) is 5.11 Å². The number of hydrogen-bond acceptors (Lipinski definition) is 3. The second kappa shape index (κ2) is 6.95. The van der Waals surface area contributed by atoms with Gasteiger partial charge in [-0.3, -0.25) is 0 Å². The molecule has 1 aromatic rings. The Bertz CT molecular complexity index is 631. The van der Waals surface area contributed by atoms with Crippen molar-refractivity contribution in [1.82, 2.24) is 4.31 Å². The number of nitrogens with zero attached hydrogens (tertiary/aromatic N) is 1. The molecule has 0 bridgehead atoms. The van der Waals surface area contributed by atoms with Crippen molar-refractivity contribution in [3.8, 4) is 0 Å². The second-order valence-corrected chi connectivity index (χ2v) is 6.59. The average Bonchev–Trinajstić information content (AvgIpc) is 2.38. The van der Waals surface area contributed by atoms with Crippen LogP contribution in [0.1, 0.15) is 36.5 Å². The first-order valence-electron chi connectivity index (χ1n) is 6.41. The fraction of sp³-hybridized carbons (Fsp3) is 0.462. The lowest BCUT2D eigenvalue weighted by Gasteiger charge is -2.18. The number of rotatable bonds is 7. The lowest BCUT2D eigenvalue weighted by atomic mass is 10.2. The van der Waals surface area contributed by atoms with Gasteiger partial charge < -0.3 is 5.11 Å². The zero-order valence-corrected chi connectivity index (χ0v) is 12.6. The molecular formula is C13H17F2NO4S. The highest BCUT2D eigenvalue weighted by molar-refractivity contribution is 7.89. The molecule has 0 aliphatic heterocycles. The molecule has 0 heterocycles. The van der Waals surface area contributed by atoms with Crippen LogP contribution in [0.4, 0.5) is 8.78 Å². The van der Waals surface area contributed by atoms with Gasteiger partial charge in [-0.1, -0.05) is 19.8 Å². The van der Waals surface area contributed by atoms with Gasteiger partial charge in [-0.2, -0.15) is 0 Å². The maximum Gasteiger partial charge on any atom is 0.341 e. The topological polar surface area (TPSA) is 74.7 Å². The number of carboxylic acid groups (broad SMARTS) is 1. The van der Waals surface area contributed by atoms with Gasteiger partial charge in [0.25, 0.3) is 0 Å². The van der Waals surface area contributed by atoms with Gasteiger partial charge in [0.05, 0.1) is 0 Å². The normalized spacial score (nSPS) is 11.9. The molecule has 0 saturated heterocycles. The molecule has 118 valence electrons. The van der Waals surface area contributed by atoms with Crippen molar-refractivity contribution < 1.29 is 27.1 Å². The molecular weight excluding hydrogens is 304 g/mol. The predicted molar refractivity (Wildman–Crippen MR) is 72.7 cm³/mol. The van der Waals surface area contributed by atoms with E-state index in [9.17, 15) is 22.0 Å². The van der Waals surface area contributed by atoms with Crippen LogP contribution in [0.15, 0.2) is 17.0 Å². The molecule has 0 saturated carbocycles. The molecule has 0 aliphatic carbocycles. The third-order valence-electron chi connectivity index (χ3n) is 3.03. The van der Waals surface area contributed by atoms with Gasteiger partial charge in [0, 0.05) is 13.6 Å². The molecule has 0 aliphatic rings. The molecule has 8 heteroatoms. The van der Waals surface area contributed by atoms with E-state index in [0.29, 0.717) is 12.5 Å². The van der Waals surface area contributed by atoms with Crippen molar-refractivity contribution in [3.05, 3.63) is 29.3 Å². The van der Waals surface area contributed by atoms with Crippen molar-refractivity contribution >= 4 is 16.0 Å². The summed E-state index contributed by atoms with van der Waals surface area (Å²) in [6.07, 6.45) is 2.30. The minimum absolute atomic E-state index is 0.176. The minimum atomic E-state index is -4.19. The van der Waals surface area contributed by atoms with Crippen LogP contribution >= 0.6 is 0 Å². The largest absolute Gasteiger partial charge is 0.477 e. The lowest BCUT2D eigenvalue weighted by Crippen LogP contribution is -2.29. The zero-order valence-electron chi connectivity index (χ0n) is 11.8. The molecule has 0 radical (unpaired) electrons. The summed E-state index contributed by atoms with van der Waals surface area (Å²) in [6.45, 7) is 2.13. The third kappa shape index (κ3) is 3.76. The van der Waals surface area contributed by atoms with Crippen LogP contribution in [0.5, 0.6) is 0 Å². The maximum atomic E-state index is 14.0. The molecule has 1 aromatic carbocycles. The quantitative estimate of drug-likeness (QED) is 0.783. The van der Waals surface area contributed by atoms with Gasteiger partial charge >= 0.3 is 5.97 Å². The second-order valence-electron chi connectivity index (χ2n) is 4.57. The van der Waals surface area contributed by atoms with Crippen LogP contribution in [0.25, 0.3) is 0 Å². The molecule has 0 amide bonds. The number of benzene rings is 1. The Morgan fingerprint density at radius 2 is 1.90 bits per heavy atom. The van der Waals surface area contributed by atoms with Crippen molar-refractivity contribution in [2.75, 3.05) is 13.6 Å². The monoisotopic (exact) mass is 321 g/mol. The van der Waals surface area contributed by atoms with Crippen LogP contribution < -0.4 is 0 Å². The third-order valence-corrected chi connectivity index (χ3v) is 4.91. The molecule has 1 rings (SSSR count). The van der Waals surface area contributed by atoms with E-state index in [1.807, 2.05) is 6.92 Å². The summed E-state index contributed by atoms with van der Waals surface area (Å²) >= 11 is 0. The van der Waals surface area contributed by atoms with Crippen LogP contribution in [0, 0.1) is 11.6 Å². The smallest absolute Gasteiger partial charge is 0.341 e. The highest BCUT2D eigenvalue weighted by Gasteiger charge is 2.29. The Hall–Kier alpha value is -1.54. The first kappa shape index (κ1) is 17.5. The number of carboxylic acids is 1. The van der Waals surface area contributed by atoms with E-state index < -0.39 is 38.1 Å². The molecule has 0 atom stereocenters. The summed E-state index contributed by atoms with van der Waals surface area (Å²) in [5, 5.41) is 8.76. The highest BCUT2D eigenvalue weighted by atomic mass is 32.2. The Morgan fingerprint density at radius 1 is 1.29 bits per heavy atom. The fourth-order valence-corrected chi connectivity index (χ4v) is 3.07. The summed E-state index contributed by atoms with van der Waals surface area (Å²) < 4.78 is 52.6. The summed E-state index contributed by atoms with van der Waals surface area (Å²) in [5.74, 6) is -4.74. The van der Waals surface area contributed by atoms with Gasteiger partial charge in [-0.15, -0.1) is 0 Å². The standard InChI is InChI=1S/C13H17F2NO4S/c1-3-4-5-8-16(2)21(19,20)10-7-6-9(14)11(12(10)15)13(17)18/h6-7H,3-5,8H2,1-2H3,(H,17,18). The highest BCUT2D eigenvalue weighted by Crippen LogP contribution is 2.23. The van der Waals surface area contributed by atoms with E-state index in [-0.39, 0.29) is 6.54 Å². The number of halogens is 2. The first-order chi connectivity index (χ1) is 9.73. The Kier molecular flexibility index (Phi) is 5.79. The maximum absolute atomic E-state index is 14.0. The van der Waals surface area contributed by atoms with Crippen LogP contribution in [-0.4, -0.2) is 37.4 Å². The summed E-state index contributed by atoms with van der Waals surface area (Å²) in [7, 11) is -2.92. The summed E-state index contributed by atoms with van der Waals surface area (Å²) in [6, 6.07) is 1.38. The van der Waals surface area contributed by atoms with E-state index in [1.54, 1.807) is 0 Å². The van der Waals surface area contributed by atoms with Gasteiger partial charge in [0.15, 0.2) is 5.82 Å². The Labute approximate surface area is 122 Å². The minimum Gasteiger partial charge on any atom is -0.477 e. The summed E-state index contributed by atoms with van der Waals surface area (Å²) in [5.41, 5.74) is -1.27.